The highest BCUT2D eigenvalue weighted by Crippen LogP contribution is 2.34. The van der Waals surface area contributed by atoms with E-state index in [4.69, 9.17) is 10.6 Å². The van der Waals surface area contributed by atoms with E-state index in [0.29, 0.717) is 11.4 Å². The zero-order valence-corrected chi connectivity index (χ0v) is 11.0. The van der Waals surface area contributed by atoms with Gasteiger partial charge in [-0.3, -0.25) is 5.43 Å². The van der Waals surface area contributed by atoms with Crippen molar-refractivity contribution < 1.29 is 9.53 Å². The number of carbonyl (C=O) groups excluding carboxylic acids is 1. The molecule has 0 saturated heterocycles. The zero-order valence-electron chi connectivity index (χ0n) is 7.80. The molecule has 4 N–H and O–H groups in total. The predicted octanol–water partition coefficient (Wildman–Crippen LogP) is 2.22. The van der Waals surface area contributed by atoms with Crippen molar-refractivity contribution in [2.45, 2.75) is 0 Å². The third-order valence-corrected chi connectivity index (χ3v) is 2.90. The quantitative estimate of drug-likeness (QED) is 0.439. The average Bonchev–Trinajstić information content (AvgIpc) is 2.21. The Hall–Kier alpha value is -0.790. The molecule has 0 bridgehead atoms. The number of nitrogens with one attached hydrogen (secondary N) is 2. The van der Waals surface area contributed by atoms with Gasteiger partial charge in [0.1, 0.15) is 5.75 Å². The van der Waals surface area contributed by atoms with Crippen molar-refractivity contribution in [1.82, 2.24) is 5.43 Å². The number of benzene rings is 1. The summed E-state index contributed by atoms with van der Waals surface area (Å²) in [5.74, 6) is 5.57. The van der Waals surface area contributed by atoms with Crippen molar-refractivity contribution in [3.8, 4) is 5.75 Å². The molecule has 15 heavy (non-hydrogen) atoms. The highest BCUT2D eigenvalue weighted by molar-refractivity contribution is 9.11. The minimum Gasteiger partial charge on any atom is -0.495 e. The zero-order chi connectivity index (χ0) is 11.4. The van der Waals surface area contributed by atoms with Crippen LogP contribution < -0.4 is 21.3 Å². The van der Waals surface area contributed by atoms with E-state index in [9.17, 15) is 4.79 Å². The van der Waals surface area contributed by atoms with Crippen molar-refractivity contribution >= 4 is 43.6 Å². The summed E-state index contributed by atoms with van der Waals surface area (Å²) in [5.41, 5.74) is 2.54. The summed E-state index contributed by atoms with van der Waals surface area (Å²) < 4.78 is 6.59. The largest absolute Gasteiger partial charge is 0.495 e. The Kier molecular flexibility index (Phi) is 4.37. The summed E-state index contributed by atoms with van der Waals surface area (Å²) in [7, 11) is 1.54. The van der Waals surface area contributed by atoms with Crippen LogP contribution in [0.15, 0.2) is 21.1 Å². The molecule has 0 atom stereocenters. The molecule has 2 amide bonds. The number of hydrogen-bond acceptors (Lipinski definition) is 3. The van der Waals surface area contributed by atoms with Gasteiger partial charge < -0.3 is 10.1 Å². The van der Waals surface area contributed by atoms with Crippen LogP contribution in [0.4, 0.5) is 10.5 Å². The van der Waals surface area contributed by atoms with Crippen LogP contribution in [-0.4, -0.2) is 13.1 Å². The molecule has 82 valence electrons. The van der Waals surface area contributed by atoms with Crippen molar-refractivity contribution in [1.29, 1.82) is 0 Å². The van der Waals surface area contributed by atoms with Crippen LogP contribution in [0.3, 0.4) is 0 Å². The maximum absolute atomic E-state index is 11.0. The number of rotatable bonds is 2. The molecule has 0 aliphatic carbocycles. The molecular formula is C8H9Br2N3O2. The van der Waals surface area contributed by atoms with E-state index >= 15 is 0 Å². The number of urea groups is 1. The number of anilines is 1. The Morgan fingerprint density at radius 3 is 2.60 bits per heavy atom. The van der Waals surface area contributed by atoms with Crippen molar-refractivity contribution in [3.05, 3.63) is 21.1 Å². The number of methoxy groups -OCH3 is 1. The second kappa shape index (κ2) is 5.34. The highest BCUT2D eigenvalue weighted by atomic mass is 79.9. The lowest BCUT2D eigenvalue weighted by molar-refractivity contribution is 0.252. The molecule has 1 aromatic carbocycles. The van der Waals surface area contributed by atoms with E-state index in [2.05, 4.69) is 37.2 Å². The number of hydrogen-bond donors (Lipinski definition) is 3. The number of nitrogens with two attached hydrogens (primary N) is 1. The second-order valence-electron chi connectivity index (χ2n) is 2.57. The monoisotopic (exact) mass is 337 g/mol. The molecule has 0 unspecified atom stereocenters. The third-order valence-electron chi connectivity index (χ3n) is 1.62. The van der Waals surface area contributed by atoms with Crippen LogP contribution in [0, 0.1) is 0 Å². The highest BCUT2D eigenvalue weighted by Gasteiger charge is 2.08. The van der Waals surface area contributed by atoms with Crippen molar-refractivity contribution in [2.75, 3.05) is 12.4 Å². The van der Waals surface area contributed by atoms with E-state index in [1.165, 1.54) is 0 Å². The van der Waals surface area contributed by atoms with E-state index < -0.39 is 6.03 Å². The van der Waals surface area contributed by atoms with Gasteiger partial charge in [-0.15, -0.1) is 0 Å². The van der Waals surface area contributed by atoms with Gasteiger partial charge in [-0.1, -0.05) is 0 Å². The molecule has 0 aromatic heterocycles. The van der Waals surface area contributed by atoms with Gasteiger partial charge in [-0.2, -0.15) is 0 Å². The Bertz CT molecular complexity index is 384. The van der Waals surface area contributed by atoms with Crippen molar-refractivity contribution in [3.63, 3.8) is 0 Å². The molecule has 0 saturated carbocycles. The van der Waals surface area contributed by atoms with Gasteiger partial charge in [-0.25, -0.2) is 10.6 Å². The van der Waals surface area contributed by atoms with Crippen molar-refractivity contribution in [2.24, 2.45) is 5.84 Å². The SMILES string of the molecule is COc1cc(NC(=O)NN)c(Br)cc1Br. The fraction of sp³-hybridized carbons (Fsp3) is 0.125. The Morgan fingerprint density at radius 2 is 2.07 bits per heavy atom. The molecule has 0 spiro atoms. The van der Waals surface area contributed by atoms with Crippen LogP contribution in [0.1, 0.15) is 0 Å². The second-order valence-corrected chi connectivity index (χ2v) is 4.27. The molecule has 0 aliphatic rings. The maximum atomic E-state index is 11.0. The van der Waals surface area contributed by atoms with Crippen LogP contribution in [-0.2, 0) is 0 Å². The van der Waals surface area contributed by atoms with Gasteiger partial charge in [0.15, 0.2) is 0 Å². The van der Waals surface area contributed by atoms with Gasteiger partial charge in [0.2, 0.25) is 0 Å². The van der Waals surface area contributed by atoms with Gasteiger partial charge in [0.25, 0.3) is 0 Å². The first-order valence-corrected chi connectivity index (χ1v) is 5.47. The maximum Gasteiger partial charge on any atom is 0.333 e. The Morgan fingerprint density at radius 1 is 1.40 bits per heavy atom. The number of halogens is 2. The smallest absolute Gasteiger partial charge is 0.333 e. The summed E-state index contributed by atoms with van der Waals surface area (Å²) >= 11 is 6.62. The van der Waals surface area contributed by atoms with Gasteiger partial charge in [0.05, 0.1) is 17.3 Å². The molecule has 0 aliphatic heterocycles. The summed E-state index contributed by atoms with van der Waals surface area (Å²) in [6, 6.07) is 2.94. The molecule has 0 radical (unpaired) electrons. The third kappa shape index (κ3) is 3.08. The summed E-state index contributed by atoms with van der Waals surface area (Å²) in [4.78, 5) is 11.0. The summed E-state index contributed by atoms with van der Waals surface area (Å²) in [6.45, 7) is 0. The molecule has 7 heteroatoms. The molecule has 5 nitrogen and oxygen atoms in total. The van der Waals surface area contributed by atoms with Gasteiger partial charge in [-0.05, 0) is 37.9 Å². The first kappa shape index (κ1) is 12.3. The van der Waals surface area contributed by atoms with E-state index in [-0.39, 0.29) is 0 Å². The van der Waals surface area contributed by atoms with Crippen LogP contribution in [0.2, 0.25) is 0 Å². The molecule has 1 rings (SSSR count). The number of hydrazine groups is 1. The number of amides is 2. The van der Waals surface area contributed by atoms with E-state index in [1.807, 2.05) is 5.43 Å². The Balaban J connectivity index is 3.02. The molecule has 0 fully saturated rings. The number of ether oxygens (including phenoxy) is 1. The topological polar surface area (TPSA) is 76.4 Å². The fourth-order valence-electron chi connectivity index (χ4n) is 0.940. The summed E-state index contributed by atoms with van der Waals surface area (Å²) in [6.07, 6.45) is 0. The number of carbonyl (C=O) groups is 1. The molecular weight excluding hydrogens is 330 g/mol. The minimum absolute atomic E-state index is 0.500. The predicted molar refractivity (Wildman–Crippen MR) is 64.7 cm³/mol. The average molecular weight is 339 g/mol. The Labute approximate surface area is 104 Å². The molecule has 0 heterocycles. The molecule has 1 aromatic rings. The summed E-state index contributed by atoms with van der Waals surface area (Å²) in [5, 5.41) is 2.54. The standard InChI is InChI=1S/C8H9Br2N3O2/c1-15-7-3-6(12-8(14)13-11)4(9)2-5(7)10/h2-3H,11H2,1H3,(H2,12,13,14). The van der Waals surface area contributed by atoms with Gasteiger partial charge >= 0.3 is 6.03 Å². The lowest BCUT2D eigenvalue weighted by Crippen LogP contribution is -2.34. The van der Waals surface area contributed by atoms with Gasteiger partial charge in [0, 0.05) is 10.5 Å². The van der Waals surface area contributed by atoms with E-state index in [0.717, 1.165) is 8.95 Å². The first-order chi connectivity index (χ1) is 7.08. The first-order valence-electron chi connectivity index (χ1n) is 3.89. The van der Waals surface area contributed by atoms with Crippen LogP contribution in [0.25, 0.3) is 0 Å². The van der Waals surface area contributed by atoms with Crippen LogP contribution >= 0.6 is 31.9 Å². The lowest BCUT2D eigenvalue weighted by atomic mass is 10.3. The van der Waals surface area contributed by atoms with E-state index in [1.54, 1.807) is 19.2 Å². The van der Waals surface area contributed by atoms with Crippen LogP contribution in [0.5, 0.6) is 5.75 Å². The normalized spacial score (nSPS) is 9.60. The lowest BCUT2D eigenvalue weighted by Gasteiger charge is -2.10. The fourth-order valence-corrected chi connectivity index (χ4v) is 2.19. The minimum atomic E-state index is -0.500.